The summed E-state index contributed by atoms with van der Waals surface area (Å²) in [5.41, 5.74) is 1.21. The zero-order chi connectivity index (χ0) is 10.8. The highest BCUT2D eigenvalue weighted by Crippen LogP contribution is 2.03. The molecule has 0 aliphatic rings. The molecule has 0 saturated carbocycles. The van der Waals surface area contributed by atoms with E-state index in [1.165, 1.54) is 12.0 Å². The van der Waals surface area contributed by atoms with Gasteiger partial charge in [-0.1, -0.05) is 26.0 Å². The van der Waals surface area contributed by atoms with Crippen LogP contribution in [-0.4, -0.2) is 25.8 Å². The molecule has 0 fully saturated rings. The number of ether oxygens (including phenoxy) is 1. The van der Waals surface area contributed by atoms with Gasteiger partial charge in [0.1, 0.15) is 0 Å². The molecule has 0 amide bonds. The van der Waals surface area contributed by atoms with E-state index in [-0.39, 0.29) is 0 Å². The molecule has 0 rings (SSSR count). The zero-order valence-corrected chi connectivity index (χ0v) is 9.94. The molecule has 0 aromatic rings. The van der Waals surface area contributed by atoms with Crippen LogP contribution < -0.4 is 5.32 Å². The normalized spacial score (nSPS) is 12.8. The van der Waals surface area contributed by atoms with Gasteiger partial charge in [-0.3, -0.25) is 0 Å². The quantitative estimate of drug-likeness (QED) is 0.455. The third kappa shape index (κ3) is 7.10. The molecule has 0 radical (unpaired) electrons. The van der Waals surface area contributed by atoms with Crippen LogP contribution in [-0.2, 0) is 4.74 Å². The number of hydrogen-bond donors (Lipinski definition) is 1. The molecule has 0 spiro atoms. The number of hydrogen-bond acceptors (Lipinski definition) is 2. The Labute approximate surface area is 88.7 Å². The lowest BCUT2D eigenvalue weighted by molar-refractivity contribution is 0.127. The highest BCUT2D eigenvalue weighted by molar-refractivity contribution is 5.01. The van der Waals surface area contributed by atoms with Crippen LogP contribution in [0.2, 0.25) is 0 Å². The van der Waals surface area contributed by atoms with Crippen molar-refractivity contribution < 1.29 is 4.74 Å². The van der Waals surface area contributed by atoms with Crippen molar-refractivity contribution in [2.45, 2.75) is 46.1 Å². The maximum atomic E-state index is 5.46. The molecule has 1 N–H and O–H groups in total. The topological polar surface area (TPSA) is 21.3 Å². The van der Waals surface area contributed by atoms with Gasteiger partial charge < -0.3 is 10.1 Å². The van der Waals surface area contributed by atoms with E-state index in [0.717, 1.165) is 32.6 Å². The predicted octanol–water partition coefficient (Wildman–Crippen LogP) is 2.75. The molecule has 0 aliphatic heterocycles. The van der Waals surface area contributed by atoms with Crippen molar-refractivity contribution in [1.29, 1.82) is 0 Å². The van der Waals surface area contributed by atoms with E-state index >= 15 is 0 Å². The fourth-order valence-corrected chi connectivity index (χ4v) is 1.29. The monoisotopic (exact) mass is 199 g/mol. The van der Waals surface area contributed by atoms with Crippen molar-refractivity contribution in [2.75, 3.05) is 19.8 Å². The van der Waals surface area contributed by atoms with Gasteiger partial charge in [0.25, 0.3) is 0 Å². The average molecular weight is 199 g/mol. The van der Waals surface area contributed by atoms with Gasteiger partial charge in [0.05, 0.1) is 0 Å². The van der Waals surface area contributed by atoms with Gasteiger partial charge in [0.2, 0.25) is 0 Å². The summed E-state index contributed by atoms with van der Waals surface area (Å²) < 4.78 is 5.46. The van der Waals surface area contributed by atoms with E-state index in [0.29, 0.717) is 6.04 Å². The van der Waals surface area contributed by atoms with Crippen LogP contribution in [0.4, 0.5) is 0 Å². The van der Waals surface area contributed by atoms with Gasteiger partial charge in [-0.05, 0) is 32.7 Å². The summed E-state index contributed by atoms with van der Waals surface area (Å²) in [7, 11) is 0. The Kier molecular flexibility index (Phi) is 9.00. The SMILES string of the molecule is C=C(C)C(CCOCCC)NCCC. The van der Waals surface area contributed by atoms with E-state index in [1.807, 2.05) is 0 Å². The van der Waals surface area contributed by atoms with E-state index in [9.17, 15) is 0 Å². The van der Waals surface area contributed by atoms with Crippen molar-refractivity contribution in [1.82, 2.24) is 5.32 Å². The molecule has 2 nitrogen and oxygen atoms in total. The van der Waals surface area contributed by atoms with Crippen molar-refractivity contribution in [3.63, 3.8) is 0 Å². The Hall–Kier alpha value is -0.340. The summed E-state index contributed by atoms with van der Waals surface area (Å²) in [6, 6.07) is 0.423. The maximum absolute atomic E-state index is 5.46. The molecule has 0 bridgehead atoms. The second-order valence-electron chi connectivity index (χ2n) is 3.75. The minimum absolute atomic E-state index is 0.423. The van der Waals surface area contributed by atoms with Crippen LogP contribution in [0.15, 0.2) is 12.2 Å². The fourth-order valence-electron chi connectivity index (χ4n) is 1.29. The van der Waals surface area contributed by atoms with E-state index < -0.39 is 0 Å². The van der Waals surface area contributed by atoms with Gasteiger partial charge >= 0.3 is 0 Å². The Morgan fingerprint density at radius 1 is 1.29 bits per heavy atom. The van der Waals surface area contributed by atoms with Crippen LogP contribution >= 0.6 is 0 Å². The third-order valence-electron chi connectivity index (χ3n) is 2.13. The van der Waals surface area contributed by atoms with Crippen LogP contribution in [0.5, 0.6) is 0 Å². The summed E-state index contributed by atoms with van der Waals surface area (Å²) in [5, 5.41) is 3.47. The van der Waals surface area contributed by atoms with Gasteiger partial charge in [-0.15, -0.1) is 0 Å². The summed E-state index contributed by atoms with van der Waals surface area (Å²) in [4.78, 5) is 0. The molecule has 0 saturated heterocycles. The van der Waals surface area contributed by atoms with Gasteiger partial charge in [0.15, 0.2) is 0 Å². The Bertz CT molecular complexity index is 145. The molecule has 0 aromatic carbocycles. The number of rotatable bonds is 9. The molecule has 2 heteroatoms. The van der Waals surface area contributed by atoms with Crippen molar-refractivity contribution in [2.24, 2.45) is 0 Å². The molecule has 0 aliphatic carbocycles. The Morgan fingerprint density at radius 2 is 2.00 bits per heavy atom. The van der Waals surface area contributed by atoms with E-state index in [2.05, 4.69) is 32.7 Å². The van der Waals surface area contributed by atoms with E-state index in [1.54, 1.807) is 0 Å². The molecular formula is C12H25NO. The minimum Gasteiger partial charge on any atom is -0.381 e. The zero-order valence-electron chi connectivity index (χ0n) is 9.94. The predicted molar refractivity (Wildman–Crippen MR) is 62.6 cm³/mol. The largest absolute Gasteiger partial charge is 0.381 e. The molecule has 0 heterocycles. The molecule has 1 unspecified atom stereocenters. The van der Waals surface area contributed by atoms with Gasteiger partial charge in [-0.25, -0.2) is 0 Å². The smallest absolute Gasteiger partial charge is 0.0484 e. The summed E-state index contributed by atoms with van der Waals surface area (Å²) in [6.45, 7) is 13.1. The highest BCUT2D eigenvalue weighted by Gasteiger charge is 2.07. The number of nitrogens with one attached hydrogen (secondary N) is 1. The standard InChI is InChI=1S/C12H25NO/c1-5-8-13-12(11(3)4)7-10-14-9-6-2/h12-13H,3,5-10H2,1-2,4H3. The van der Waals surface area contributed by atoms with Crippen molar-refractivity contribution >= 4 is 0 Å². The van der Waals surface area contributed by atoms with E-state index in [4.69, 9.17) is 4.74 Å². The highest BCUT2D eigenvalue weighted by atomic mass is 16.5. The lowest BCUT2D eigenvalue weighted by Crippen LogP contribution is -2.31. The van der Waals surface area contributed by atoms with Crippen LogP contribution in [0, 0.1) is 0 Å². The molecule has 1 atom stereocenters. The summed E-state index contributed by atoms with van der Waals surface area (Å²) in [6.07, 6.45) is 3.30. The molecular weight excluding hydrogens is 174 g/mol. The molecule has 84 valence electrons. The average Bonchev–Trinajstić information content (AvgIpc) is 2.16. The second-order valence-corrected chi connectivity index (χ2v) is 3.75. The fraction of sp³-hybridized carbons (Fsp3) is 0.833. The first kappa shape index (κ1) is 13.7. The first-order valence-corrected chi connectivity index (χ1v) is 5.68. The molecule has 14 heavy (non-hydrogen) atoms. The maximum Gasteiger partial charge on any atom is 0.0484 e. The molecule has 0 aromatic heterocycles. The van der Waals surface area contributed by atoms with Gasteiger partial charge in [-0.2, -0.15) is 0 Å². The van der Waals surface area contributed by atoms with Crippen LogP contribution in [0.1, 0.15) is 40.0 Å². The lowest BCUT2D eigenvalue weighted by Gasteiger charge is -2.18. The first-order chi connectivity index (χ1) is 6.72. The van der Waals surface area contributed by atoms with Crippen molar-refractivity contribution in [3.05, 3.63) is 12.2 Å². The Morgan fingerprint density at radius 3 is 2.50 bits per heavy atom. The van der Waals surface area contributed by atoms with Crippen molar-refractivity contribution in [3.8, 4) is 0 Å². The second kappa shape index (κ2) is 9.22. The minimum atomic E-state index is 0.423. The summed E-state index contributed by atoms with van der Waals surface area (Å²) >= 11 is 0. The van der Waals surface area contributed by atoms with Crippen LogP contribution in [0.25, 0.3) is 0 Å². The first-order valence-electron chi connectivity index (χ1n) is 5.68. The lowest BCUT2D eigenvalue weighted by atomic mass is 10.1. The van der Waals surface area contributed by atoms with Gasteiger partial charge in [0, 0.05) is 19.3 Å². The third-order valence-corrected chi connectivity index (χ3v) is 2.13. The van der Waals surface area contributed by atoms with Crippen LogP contribution in [0.3, 0.4) is 0 Å². The Balaban J connectivity index is 3.57. The summed E-state index contributed by atoms with van der Waals surface area (Å²) in [5.74, 6) is 0.